The fraction of sp³-hybridized carbons (Fsp3) is 0.386. The lowest BCUT2D eigenvalue weighted by atomic mass is 9.77. The predicted molar refractivity (Wildman–Crippen MR) is 221 cm³/mol. The van der Waals surface area contributed by atoms with Gasteiger partial charge in [0.1, 0.15) is 11.3 Å². The first-order chi connectivity index (χ1) is 25.8. The van der Waals surface area contributed by atoms with E-state index < -0.39 is 0 Å². The molecule has 280 valence electrons. The second-order valence-electron chi connectivity index (χ2n) is 13.8. The molecular formula is C44H57FN8. The summed E-state index contributed by atoms with van der Waals surface area (Å²) in [5, 5.41) is 15.0. The van der Waals surface area contributed by atoms with Crippen molar-refractivity contribution in [1.82, 2.24) is 35.4 Å². The average Bonchev–Trinajstić information content (AvgIpc) is 3.69. The first kappa shape index (κ1) is 39.2. The predicted octanol–water partition coefficient (Wildman–Crippen LogP) is 10.5. The van der Waals surface area contributed by atoms with Crippen molar-refractivity contribution in [3.8, 4) is 11.5 Å². The number of nitrogens with one attached hydrogen (secondary N) is 4. The van der Waals surface area contributed by atoms with E-state index >= 15 is 0 Å². The van der Waals surface area contributed by atoms with Crippen molar-refractivity contribution in [3.05, 3.63) is 119 Å². The van der Waals surface area contributed by atoms with Crippen molar-refractivity contribution in [2.75, 3.05) is 32.5 Å². The summed E-state index contributed by atoms with van der Waals surface area (Å²) in [5.41, 5.74) is 11.8. The third-order valence-electron chi connectivity index (χ3n) is 9.73. The number of hydrogen-bond donors (Lipinski definition) is 4. The third kappa shape index (κ3) is 9.51. The smallest absolute Gasteiger partial charge is 0.161 e. The van der Waals surface area contributed by atoms with Crippen LogP contribution in [0.5, 0.6) is 0 Å². The molecule has 3 heterocycles. The minimum absolute atomic E-state index is 0.324. The molecule has 0 amide bonds. The highest BCUT2D eigenvalue weighted by Gasteiger charge is 2.27. The van der Waals surface area contributed by atoms with Crippen LogP contribution in [0.3, 0.4) is 0 Å². The quantitative estimate of drug-likeness (QED) is 0.0915. The van der Waals surface area contributed by atoms with Gasteiger partial charge < -0.3 is 20.5 Å². The maximum Gasteiger partial charge on any atom is 0.161 e. The maximum absolute atomic E-state index is 14.9. The van der Waals surface area contributed by atoms with Crippen molar-refractivity contribution >= 4 is 27.9 Å². The van der Waals surface area contributed by atoms with Crippen LogP contribution in [-0.4, -0.2) is 57.2 Å². The summed E-state index contributed by atoms with van der Waals surface area (Å²) < 4.78 is 14.9. The number of halogens is 1. The molecule has 0 radical (unpaired) electrons. The number of benzene rings is 1. The highest BCUT2D eigenvalue weighted by atomic mass is 19.1. The number of imidazole rings is 1. The van der Waals surface area contributed by atoms with Gasteiger partial charge >= 0.3 is 0 Å². The molecule has 9 heteroatoms. The molecule has 3 aromatic heterocycles. The molecule has 0 saturated heterocycles. The summed E-state index contributed by atoms with van der Waals surface area (Å²) in [7, 11) is 4.02. The lowest BCUT2D eigenvalue weighted by Crippen LogP contribution is -2.27. The van der Waals surface area contributed by atoms with E-state index in [-0.39, 0.29) is 5.82 Å². The molecule has 2 aliphatic carbocycles. The van der Waals surface area contributed by atoms with Crippen LogP contribution >= 0.6 is 0 Å². The van der Waals surface area contributed by atoms with Crippen molar-refractivity contribution in [3.63, 3.8) is 0 Å². The summed E-state index contributed by atoms with van der Waals surface area (Å²) in [6.45, 7) is 15.6. The summed E-state index contributed by atoms with van der Waals surface area (Å²) in [4.78, 5) is 15.7. The lowest BCUT2D eigenvalue weighted by Gasteiger charge is -2.34. The van der Waals surface area contributed by atoms with Crippen molar-refractivity contribution in [2.24, 2.45) is 5.92 Å². The van der Waals surface area contributed by atoms with Crippen molar-refractivity contribution in [1.29, 1.82) is 0 Å². The Morgan fingerprint density at radius 1 is 1.09 bits per heavy atom. The van der Waals surface area contributed by atoms with Crippen LogP contribution in [0.25, 0.3) is 33.7 Å². The summed E-state index contributed by atoms with van der Waals surface area (Å²) in [6, 6.07) is 9.04. The number of likely N-dealkylation sites (N-methyl/N-ethyl adjacent to an activating group) is 1. The number of rotatable bonds is 15. The molecule has 4 aromatic rings. The number of hydrogen-bond acceptors (Lipinski definition) is 6. The molecule has 2 fully saturated rings. The summed E-state index contributed by atoms with van der Waals surface area (Å²) >= 11 is 0. The van der Waals surface area contributed by atoms with E-state index in [1.54, 1.807) is 11.6 Å². The van der Waals surface area contributed by atoms with Gasteiger partial charge in [-0.2, -0.15) is 5.10 Å². The van der Waals surface area contributed by atoms with Gasteiger partial charge in [0.2, 0.25) is 0 Å². The zero-order chi connectivity index (χ0) is 37.9. The van der Waals surface area contributed by atoms with E-state index in [2.05, 4.69) is 75.4 Å². The standard InChI is InChI=1S/C42H51FN8.C2H6/c1-7-10-18-33(46-39(29-14-11-15-29)30-16-12-17-30)24-28(9-3)36-19-20-37-40(47-36)41(50-49-37)42-45-27(4)38(48-42)35(13-8-2)31-23-32(43)26-34(25-31)44-21-22-51(5)6;1-2/h8-10,13,18-20,23-26,29,44,46H,2,7,11-12,14-17,21-22H2,1,3-6H3,(H,45,48)(H,49,50);1-2H3/b18-10+,28-9+,33-24+,35-13-;. The Balaban J connectivity index is 0.00000266. The van der Waals surface area contributed by atoms with Gasteiger partial charge in [0, 0.05) is 41.4 Å². The molecule has 53 heavy (non-hydrogen) atoms. The third-order valence-corrected chi connectivity index (χ3v) is 9.73. The molecule has 0 bridgehead atoms. The number of aromatic amines is 2. The molecule has 0 atom stereocenters. The summed E-state index contributed by atoms with van der Waals surface area (Å²) in [5.74, 6) is 0.902. The number of allylic oxidation sites excluding steroid dienone is 9. The average molecular weight is 717 g/mol. The summed E-state index contributed by atoms with van der Waals surface area (Å²) in [6.07, 6.45) is 20.8. The number of aromatic nitrogens is 5. The first-order valence-electron chi connectivity index (χ1n) is 19.3. The molecule has 2 aliphatic rings. The highest BCUT2D eigenvalue weighted by molar-refractivity contribution is 5.90. The number of anilines is 1. The Bertz CT molecular complexity index is 2030. The zero-order valence-corrected chi connectivity index (χ0v) is 32.7. The normalized spacial score (nSPS) is 15.3. The fourth-order valence-electron chi connectivity index (χ4n) is 6.56. The molecular weight excluding hydrogens is 660 g/mol. The minimum Gasteiger partial charge on any atom is -0.384 e. The topological polar surface area (TPSA) is 97.5 Å². The van der Waals surface area contributed by atoms with Crippen molar-refractivity contribution < 1.29 is 4.39 Å². The number of nitrogens with zero attached hydrogens (tertiary/aromatic N) is 4. The van der Waals surface area contributed by atoms with E-state index in [0.717, 1.165) is 52.2 Å². The van der Waals surface area contributed by atoms with Gasteiger partial charge in [0.25, 0.3) is 0 Å². The number of fused-ring (bicyclic) bond motifs is 1. The van der Waals surface area contributed by atoms with Gasteiger partial charge in [0.05, 0.1) is 16.9 Å². The molecule has 0 spiro atoms. The Hall–Kier alpha value is -5.02. The fourth-order valence-corrected chi connectivity index (χ4v) is 6.56. The molecule has 4 N–H and O–H groups in total. The van der Waals surface area contributed by atoms with Crippen LogP contribution < -0.4 is 10.6 Å². The number of pyridine rings is 1. The van der Waals surface area contributed by atoms with Crippen LogP contribution in [-0.2, 0) is 0 Å². The Labute approximate surface area is 315 Å². The van der Waals surface area contributed by atoms with Crippen LogP contribution in [0.15, 0.2) is 90.3 Å². The van der Waals surface area contributed by atoms with Crippen LogP contribution in [0.1, 0.15) is 95.3 Å². The van der Waals surface area contributed by atoms with Crippen LogP contribution in [0.2, 0.25) is 0 Å². The second kappa shape index (κ2) is 18.6. The molecule has 0 aliphatic heterocycles. The molecule has 2 saturated carbocycles. The minimum atomic E-state index is -0.324. The zero-order valence-electron chi connectivity index (χ0n) is 32.7. The molecule has 6 rings (SSSR count). The maximum atomic E-state index is 14.9. The van der Waals surface area contributed by atoms with E-state index in [9.17, 15) is 4.39 Å². The van der Waals surface area contributed by atoms with E-state index in [4.69, 9.17) is 9.97 Å². The van der Waals surface area contributed by atoms with Crippen LogP contribution in [0.4, 0.5) is 10.1 Å². The Morgan fingerprint density at radius 3 is 2.53 bits per heavy atom. The lowest BCUT2D eigenvalue weighted by molar-refractivity contribution is 0.346. The monoisotopic (exact) mass is 716 g/mol. The van der Waals surface area contributed by atoms with Gasteiger partial charge in [-0.25, -0.2) is 14.4 Å². The van der Waals surface area contributed by atoms with Gasteiger partial charge in [-0.3, -0.25) is 5.10 Å². The molecule has 1 aromatic carbocycles. The Morgan fingerprint density at radius 2 is 1.89 bits per heavy atom. The van der Waals surface area contributed by atoms with Gasteiger partial charge in [-0.05, 0) is 126 Å². The van der Waals surface area contributed by atoms with Gasteiger partial charge in [-0.15, -0.1) is 0 Å². The van der Waals surface area contributed by atoms with E-state index in [0.29, 0.717) is 40.9 Å². The van der Waals surface area contributed by atoms with Gasteiger partial charge in [-0.1, -0.05) is 63.6 Å². The van der Waals surface area contributed by atoms with Crippen LogP contribution in [0, 0.1) is 18.7 Å². The number of H-pyrrole nitrogens is 2. The first-order valence-corrected chi connectivity index (χ1v) is 19.3. The van der Waals surface area contributed by atoms with E-state index in [1.807, 2.05) is 59.1 Å². The number of aryl methyl sites for hydroxylation is 1. The largest absolute Gasteiger partial charge is 0.384 e. The highest BCUT2D eigenvalue weighted by Crippen LogP contribution is 2.39. The SMILES string of the molecule is C=C/C=C(/c1cc(F)cc(NCCN(C)C)c1)c1nc(-c2n[nH]c3ccc(C(/C=C(\C=C\CC)NC(=C4CCC4)C4CCC4)=C/C)nc23)[nH]c1C.CC. The van der Waals surface area contributed by atoms with E-state index in [1.165, 1.54) is 56.4 Å². The van der Waals surface area contributed by atoms with Gasteiger partial charge in [0.15, 0.2) is 11.5 Å². The Kier molecular flexibility index (Phi) is 13.8. The molecule has 8 nitrogen and oxygen atoms in total. The molecule has 0 unspecified atom stereocenters. The van der Waals surface area contributed by atoms with Crippen molar-refractivity contribution in [2.45, 2.75) is 79.6 Å². The second-order valence-corrected chi connectivity index (χ2v) is 13.8.